The van der Waals surface area contributed by atoms with Gasteiger partial charge in [0.15, 0.2) is 0 Å². The third kappa shape index (κ3) is 7.39. The predicted molar refractivity (Wildman–Crippen MR) is 103 cm³/mol. The molecule has 0 atom stereocenters. The van der Waals surface area contributed by atoms with Crippen molar-refractivity contribution < 1.29 is 9.59 Å². The summed E-state index contributed by atoms with van der Waals surface area (Å²) < 4.78 is 0. The summed E-state index contributed by atoms with van der Waals surface area (Å²) in [5.74, 6) is 0.199. The molecule has 132 valence electrons. The van der Waals surface area contributed by atoms with Crippen molar-refractivity contribution in [2.24, 2.45) is 5.41 Å². The van der Waals surface area contributed by atoms with Gasteiger partial charge in [0.05, 0.1) is 5.75 Å². The van der Waals surface area contributed by atoms with E-state index in [0.717, 1.165) is 16.3 Å². The van der Waals surface area contributed by atoms with Crippen LogP contribution in [-0.2, 0) is 9.59 Å². The summed E-state index contributed by atoms with van der Waals surface area (Å²) in [5.41, 5.74) is 1.42. The van der Waals surface area contributed by atoms with Gasteiger partial charge >= 0.3 is 0 Å². The topological polar surface area (TPSA) is 71.1 Å². The Bertz CT molecular complexity index is 727. The maximum absolute atomic E-state index is 12.0. The van der Waals surface area contributed by atoms with Crippen LogP contribution in [0.3, 0.4) is 0 Å². The molecule has 0 aliphatic rings. The molecular formula is C19H23N3O2S. The molecule has 5 nitrogen and oxygen atoms in total. The lowest BCUT2D eigenvalue weighted by Crippen LogP contribution is -2.19. The molecule has 2 N–H and O–H groups in total. The van der Waals surface area contributed by atoms with E-state index < -0.39 is 0 Å². The van der Waals surface area contributed by atoms with E-state index in [4.69, 9.17) is 0 Å². The van der Waals surface area contributed by atoms with Gasteiger partial charge in [0.2, 0.25) is 11.8 Å². The predicted octanol–water partition coefficient (Wildman–Crippen LogP) is 4.19. The molecule has 1 heterocycles. The summed E-state index contributed by atoms with van der Waals surface area (Å²) in [5, 5.41) is 5.72. The summed E-state index contributed by atoms with van der Waals surface area (Å²) in [6.45, 7) is 6.08. The average Bonchev–Trinajstić information content (AvgIpc) is 2.52. The first kappa shape index (κ1) is 19.0. The standard InChI is InChI=1S/C19H23N3O2S/c1-19(2,3)12-17(23)22-15-5-4-6-16(11-15)25-13-18(24)21-14-7-9-20-10-8-14/h4-11H,12-13H2,1-3H3,(H,22,23)(H,20,21,24). The molecule has 1 aromatic heterocycles. The summed E-state index contributed by atoms with van der Waals surface area (Å²) in [7, 11) is 0. The minimum Gasteiger partial charge on any atom is -0.326 e. The van der Waals surface area contributed by atoms with Crippen molar-refractivity contribution in [3.8, 4) is 0 Å². The highest BCUT2D eigenvalue weighted by molar-refractivity contribution is 8.00. The number of thioether (sulfide) groups is 1. The zero-order valence-electron chi connectivity index (χ0n) is 14.7. The van der Waals surface area contributed by atoms with E-state index in [2.05, 4.69) is 15.6 Å². The Balaban J connectivity index is 1.86. The lowest BCUT2D eigenvalue weighted by Gasteiger charge is -2.17. The molecule has 1 aromatic carbocycles. The second kappa shape index (κ2) is 8.67. The number of nitrogens with zero attached hydrogens (tertiary/aromatic N) is 1. The van der Waals surface area contributed by atoms with E-state index >= 15 is 0 Å². The Hall–Kier alpha value is -2.34. The quantitative estimate of drug-likeness (QED) is 0.761. The first-order chi connectivity index (χ1) is 11.8. The number of benzene rings is 1. The molecule has 2 amide bonds. The fourth-order valence-electron chi connectivity index (χ4n) is 2.13. The molecule has 0 radical (unpaired) electrons. The van der Waals surface area contributed by atoms with E-state index in [1.165, 1.54) is 11.8 Å². The van der Waals surface area contributed by atoms with Gasteiger partial charge in [0.1, 0.15) is 0 Å². The van der Waals surface area contributed by atoms with Gasteiger partial charge in [-0.2, -0.15) is 0 Å². The van der Waals surface area contributed by atoms with Crippen LogP contribution in [0.2, 0.25) is 0 Å². The number of hydrogen-bond acceptors (Lipinski definition) is 4. The molecule has 6 heteroatoms. The summed E-state index contributed by atoms with van der Waals surface area (Å²) >= 11 is 1.42. The molecule has 2 rings (SSSR count). The molecular weight excluding hydrogens is 334 g/mol. The summed E-state index contributed by atoms with van der Waals surface area (Å²) in [6.07, 6.45) is 3.72. The van der Waals surface area contributed by atoms with E-state index in [1.807, 2.05) is 45.0 Å². The number of aromatic nitrogens is 1. The molecule has 0 saturated carbocycles. The molecule has 0 aliphatic carbocycles. The first-order valence-corrected chi connectivity index (χ1v) is 9.03. The fourth-order valence-corrected chi connectivity index (χ4v) is 2.89. The van der Waals surface area contributed by atoms with Gasteiger partial charge in [0.25, 0.3) is 0 Å². The highest BCUT2D eigenvalue weighted by Crippen LogP contribution is 2.23. The average molecular weight is 357 g/mol. The van der Waals surface area contributed by atoms with Crippen LogP contribution in [0.1, 0.15) is 27.2 Å². The second-order valence-electron chi connectivity index (χ2n) is 6.89. The molecule has 0 fully saturated rings. The van der Waals surface area contributed by atoms with Crippen molar-refractivity contribution in [3.05, 3.63) is 48.8 Å². The van der Waals surface area contributed by atoms with E-state index in [9.17, 15) is 9.59 Å². The highest BCUT2D eigenvalue weighted by atomic mass is 32.2. The number of anilines is 2. The van der Waals surface area contributed by atoms with Gasteiger partial charge < -0.3 is 10.6 Å². The van der Waals surface area contributed by atoms with Crippen LogP contribution in [0.5, 0.6) is 0 Å². The number of rotatable bonds is 6. The number of pyridine rings is 1. The van der Waals surface area contributed by atoms with Gasteiger partial charge in [-0.3, -0.25) is 14.6 Å². The number of carbonyl (C=O) groups is 2. The first-order valence-electron chi connectivity index (χ1n) is 8.04. The molecule has 2 aromatic rings. The second-order valence-corrected chi connectivity index (χ2v) is 7.93. The Morgan fingerprint density at radius 1 is 1.00 bits per heavy atom. The fraction of sp³-hybridized carbons (Fsp3) is 0.316. The molecule has 0 bridgehead atoms. The molecule has 25 heavy (non-hydrogen) atoms. The monoisotopic (exact) mass is 357 g/mol. The zero-order chi connectivity index (χ0) is 18.3. The van der Waals surface area contributed by atoms with Crippen LogP contribution >= 0.6 is 11.8 Å². The van der Waals surface area contributed by atoms with Crippen LogP contribution in [0.25, 0.3) is 0 Å². The van der Waals surface area contributed by atoms with Crippen LogP contribution in [0.15, 0.2) is 53.7 Å². The van der Waals surface area contributed by atoms with Gasteiger partial charge in [-0.05, 0) is 35.7 Å². The number of amides is 2. The Morgan fingerprint density at radius 2 is 1.68 bits per heavy atom. The van der Waals surface area contributed by atoms with Gasteiger partial charge in [-0.25, -0.2) is 0 Å². The Morgan fingerprint density at radius 3 is 2.36 bits per heavy atom. The van der Waals surface area contributed by atoms with Crippen molar-refractivity contribution in [2.45, 2.75) is 32.1 Å². The largest absolute Gasteiger partial charge is 0.326 e. The Labute approximate surface area is 152 Å². The molecule has 0 unspecified atom stereocenters. The minimum absolute atomic E-state index is 0.00919. The van der Waals surface area contributed by atoms with Crippen LogP contribution in [0, 0.1) is 5.41 Å². The normalized spacial score (nSPS) is 11.0. The third-order valence-corrected chi connectivity index (χ3v) is 4.14. The van der Waals surface area contributed by atoms with Crippen LogP contribution < -0.4 is 10.6 Å². The Kier molecular flexibility index (Phi) is 6.58. The van der Waals surface area contributed by atoms with Crippen LogP contribution in [-0.4, -0.2) is 22.6 Å². The smallest absolute Gasteiger partial charge is 0.234 e. The van der Waals surface area contributed by atoms with Gasteiger partial charge in [0, 0.05) is 35.1 Å². The van der Waals surface area contributed by atoms with Crippen LogP contribution in [0.4, 0.5) is 11.4 Å². The lowest BCUT2D eigenvalue weighted by molar-refractivity contribution is -0.118. The summed E-state index contributed by atoms with van der Waals surface area (Å²) in [6, 6.07) is 11.0. The summed E-state index contributed by atoms with van der Waals surface area (Å²) in [4.78, 5) is 28.8. The number of carbonyl (C=O) groups excluding carboxylic acids is 2. The molecule has 0 aliphatic heterocycles. The van der Waals surface area contributed by atoms with Crippen molar-refractivity contribution in [1.29, 1.82) is 0 Å². The van der Waals surface area contributed by atoms with Crippen molar-refractivity contribution >= 4 is 35.0 Å². The lowest BCUT2D eigenvalue weighted by atomic mass is 9.92. The van der Waals surface area contributed by atoms with E-state index in [1.54, 1.807) is 24.5 Å². The number of nitrogens with one attached hydrogen (secondary N) is 2. The third-order valence-electron chi connectivity index (χ3n) is 3.14. The minimum atomic E-state index is -0.0848. The highest BCUT2D eigenvalue weighted by Gasteiger charge is 2.16. The molecule has 0 spiro atoms. The van der Waals surface area contributed by atoms with Crippen molar-refractivity contribution in [3.63, 3.8) is 0 Å². The van der Waals surface area contributed by atoms with Crippen molar-refractivity contribution in [2.75, 3.05) is 16.4 Å². The van der Waals surface area contributed by atoms with Gasteiger partial charge in [-0.15, -0.1) is 11.8 Å². The molecule has 0 saturated heterocycles. The zero-order valence-corrected chi connectivity index (χ0v) is 15.5. The maximum Gasteiger partial charge on any atom is 0.234 e. The van der Waals surface area contributed by atoms with Gasteiger partial charge in [-0.1, -0.05) is 26.8 Å². The SMILES string of the molecule is CC(C)(C)CC(=O)Nc1cccc(SCC(=O)Nc2ccncc2)c1. The maximum atomic E-state index is 12.0. The number of hydrogen-bond donors (Lipinski definition) is 2. The van der Waals surface area contributed by atoms with Crippen molar-refractivity contribution in [1.82, 2.24) is 4.98 Å². The van der Waals surface area contributed by atoms with E-state index in [0.29, 0.717) is 12.2 Å². The van der Waals surface area contributed by atoms with E-state index in [-0.39, 0.29) is 17.2 Å².